The normalized spacial score (nSPS) is 20.1. The largest absolute Gasteiger partial charge is 0.481 e. The number of nitrogens with zero attached hydrogens (tertiary/aromatic N) is 1. The van der Waals surface area contributed by atoms with Crippen LogP contribution in [0.25, 0.3) is 0 Å². The van der Waals surface area contributed by atoms with Crippen LogP contribution in [0.5, 0.6) is 0 Å². The molecule has 0 unspecified atom stereocenters. The Hall–Kier alpha value is -2.50. The number of carboxylic acid groups (broad SMARTS) is 1. The lowest BCUT2D eigenvalue weighted by Crippen LogP contribution is -2.39. The Bertz CT molecular complexity index is 829. The van der Waals surface area contributed by atoms with Crippen molar-refractivity contribution in [1.29, 1.82) is 0 Å². The van der Waals surface area contributed by atoms with E-state index < -0.39 is 17.7 Å². The van der Waals surface area contributed by atoms with Gasteiger partial charge in [-0.25, -0.2) is 0 Å². The molecule has 0 spiro atoms. The second-order valence-electron chi connectivity index (χ2n) is 8.08. The second-order valence-corrected chi connectivity index (χ2v) is 8.08. The SMILES string of the molecule is CC(C)c1ccc(N2C[C@@H](CC(=O)O)CC[C@H]2c2ccc(C(F)(F)F)cc2)cc1. The number of halogens is 3. The summed E-state index contributed by atoms with van der Waals surface area (Å²) in [5, 5.41) is 9.18. The number of benzene rings is 2. The molecule has 1 aliphatic heterocycles. The molecule has 3 nitrogen and oxygen atoms in total. The molecule has 1 fully saturated rings. The lowest BCUT2D eigenvalue weighted by molar-refractivity contribution is -0.138. The average Bonchev–Trinajstić information content (AvgIpc) is 2.67. The van der Waals surface area contributed by atoms with E-state index in [9.17, 15) is 23.1 Å². The van der Waals surface area contributed by atoms with Gasteiger partial charge in [0, 0.05) is 18.7 Å². The van der Waals surface area contributed by atoms with Crippen LogP contribution in [-0.2, 0) is 11.0 Å². The van der Waals surface area contributed by atoms with Gasteiger partial charge in [-0.2, -0.15) is 13.2 Å². The molecular weight excluding hydrogens is 379 g/mol. The first-order valence-corrected chi connectivity index (χ1v) is 9.90. The van der Waals surface area contributed by atoms with Crippen LogP contribution in [0.15, 0.2) is 48.5 Å². The van der Waals surface area contributed by atoms with Gasteiger partial charge in [0.15, 0.2) is 0 Å². The summed E-state index contributed by atoms with van der Waals surface area (Å²) in [6, 6.07) is 13.4. The fraction of sp³-hybridized carbons (Fsp3) is 0.435. The predicted octanol–water partition coefficient (Wildman–Crippen LogP) is 6.26. The molecule has 0 radical (unpaired) electrons. The van der Waals surface area contributed by atoms with Crippen LogP contribution >= 0.6 is 0 Å². The molecule has 0 aliphatic carbocycles. The zero-order chi connectivity index (χ0) is 21.2. The van der Waals surface area contributed by atoms with Crippen LogP contribution in [0, 0.1) is 5.92 Å². The molecule has 156 valence electrons. The van der Waals surface area contributed by atoms with Crippen molar-refractivity contribution < 1.29 is 23.1 Å². The van der Waals surface area contributed by atoms with Crippen LogP contribution in [0.2, 0.25) is 0 Å². The Morgan fingerprint density at radius 3 is 2.21 bits per heavy atom. The van der Waals surface area contributed by atoms with E-state index in [2.05, 4.69) is 30.9 Å². The number of rotatable bonds is 5. The fourth-order valence-corrected chi connectivity index (χ4v) is 4.04. The van der Waals surface area contributed by atoms with Crippen LogP contribution in [-0.4, -0.2) is 17.6 Å². The van der Waals surface area contributed by atoms with Crippen molar-refractivity contribution in [2.45, 2.75) is 51.2 Å². The zero-order valence-corrected chi connectivity index (χ0v) is 16.6. The third-order valence-corrected chi connectivity index (χ3v) is 5.66. The summed E-state index contributed by atoms with van der Waals surface area (Å²) >= 11 is 0. The Morgan fingerprint density at radius 1 is 1.07 bits per heavy atom. The number of hydrogen-bond donors (Lipinski definition) is 1. The first-order chi connectivity index (χ1) is 13.6. The lowest BCUT2D eigenvalue weighted by Gasteiger charge is -2.41. The predicted molar refractivity (Wildman–Crippen MR) is 107 cm³/mol. The van der Waals surface area contributed by atoms with Gasteiger partial charge in [-0.05, 0) is 60.1 Å². The smallest absolute Gasteiger partial charge is 0.416 e. The number of anilines is 1. The van der Waals surface area contributed by atoms with E-state index in [-0.39, 0.29) is 18.4 Å². The molecule has 1 N–H and O–H groups in total. The first-order valence-electron chi connectivity index (χ1n) is 9.90. The molecule has 1 saturated heterocycles. The standard InChI is InChI=1S/C23H26F3NO2/c1-15(2)17-6-10-20(11-7-17)27-14-16(13-22(28)29)3-12-21(27)18-4-8-19(9-5-18)23(24,25)26/h4-11,15-16,21H,3,12-14H2,1-2H3,(H,28,29)/t16-,21+/m1/s1. The fourth-order valence-electron chi connectivity index (χ4n) is 4.04. The van der Waals surface area contributed by atoms with E-state index in [0.29, 0.717) is 18.9 Å². The van der Waals surface area contributed by atoms with Gasteiger partial charge in [-0.15, -0.1) is 0 Å². The molecule has 0 bridgehead atoms. The summed E-state index contributed by atoms with van der Waals surface area (Å²) in [5.41, 5.74) is 2.33. The quantitative estimate of drug-likeness (QED) is 0.638. The number of piperidine rings is 1. The highest BCUT2D eigenvalue weighted by molar-refractivity contribution is 5.67. The zero-order valence-electron chi connectivity index (χ0n) is 16.6. The van der Waals surface area contributed by atoms with E-state index in [4.69, 9.17) is 0 Å². The van der Waals surface area contributed by atoms with Crippen molar-refractivity contribution in [2.75, 3.05) is 11.4 Å². The number of carbonyl (C=O) groups is 1. The summed E-state index contributed by atoms with van der Waals surface area (Å²) in [6.45, 7) is 4.80. The molecule has 2 aromatic carbocycles. The topological polar surface area (TPSA) is 40.5 Å². The number of alkyl halides is 3. The van der Waals surface area contributed by atoms with Gasteiger partial charge in [-0.3, -0.25) is 4.79 Å². The maximum atomic E-state index is 12.9. The van der Waals surface area contributed by atoms with Crippen molar-refractivity contribution >= 4 is 11.7 Å². The van der Waals surface area contributed by atoms with Crippen LogP contribution in [0.3, 0.4) is 0 Å². The molecule has 1 aliphatic rings. The maximum Gasteiger partial charge on any atom is 0.416 e. The average molecular weight is 405 g/mol. The molecule has 3 rings (SSSR count). The summed E-state index contributed by atoms with van der Waals surface area (Å²) in [6.07, 6.45) is -2.82. The maximum absolute atomic E-state index is 12.9. The van der Waals surface area contributed by atoms with Crippen LogP contribution < -0.4 is 4.90 Å². The van der Waals surface area contributed by atoms with Gasteiger partial charge in [0.05, 0.1) is 11.6 Å². The second kappa shape index (κ2) is 8.47. The van der Waals surface area contributed by atoms with Gasteiger partial charge in [-0.1, -0.05) is 38.1 Å². The van der Waals surface area contributed by atoms with Crippen molar-refractivity contribution in [3.8, 4) is 0 Å². The molecule has 29 heavy (non-hydrogen) atoms. The Labute approximate surface area is 169 Å². The van der Waals surface area contributed by atoms with E-state index in [1.54, 1.807) is 12.1 Å². The monoisotopic (exact) mass is 405 g/mol. The number of carboxylic acids is 1. The molecular formula is C23H26F3NO2. The highest BCUT2D eigenvalue weighted by Gasteiger charge is 2.33. The van der Waals surface area contributed by atoms with Crippen molar-refractivity contribution in [3.05, 3.63) is 65.2 Å². The highest BCUT2D eigenvalue weighted by Crippen LogP contribution is 2.39. The van der Waals surface area contributed by atoms with Gasteiger partial charge in [0.25, 0.3) is 0 Å². The molecule has 0 amide bonds. The number of aliphatic carboxylic acids is 1. The van der Waals surface area contributed by atoms with Crippen LogP contribution in [0.4, 0.5) is 18.9 Å². The first kappa shape index (κ1) is 21.2. The van der Waals surface area contributed by atoms with Crippen molar-refractivity contribution in [3.63, 3.8) is 0 Å². The highest BCUT2D eigenvalue weighted by atomic mass is 19.4. The van der Waals surface area contributed by atoms with Gasteiger partial charge >= 0.3 is 12.1 Å². The van der Waals surface area contributed by atoms with Crippen molar-refractivity contribution in [2.24, 2.45) is 5.92 Å². The summed E-state index contributed by atoms with van der Waals surface area (Å²) in [5.74, 6) is -0.406. The Balaban J connectivity index is 1.90. The van der Waals surface area contributed by atoms with Gasteiger partial charge in [0.2, 0.25) is 0 Å². The van der Waals surface area contributed by atoms with E-state index >= 15 is 0 Å². The van der Waals surface area contributed by atoms with E-state index in [1.165, 1.54) is 5.56 Å². The molecule has 0 saturated carbocycles. The minimum absolute atomic E-state index is 0.0166. The number of hydrogen-bond acceptors (Lipinski definition) is 2. The van der Waals surface area contributed by atoms with E-state index in [1.807, 2.05) is 12.1 Å². The summed E-state index contributed by atoms with van der Waals surface area (Å²) in [4.78, 5) is 13.3. The Kier molecular flexibility index (Phi) is 6.20. The minimum Gasteiger partial charge on any atom is -0.481 e. The summed E-state index contributed by atoms with van der Waals surface area (Å²) < 4.78 is 38.7. The third kappa shape index (κ3) is 5.11. The van der Waals surface area contributed by atoms with Gasteiger partial charge < -0.3 is 10.0 Å². The Morgan fingerprint density at radius 2 is 1.69 bits per heavy atom. The molecule has 0 aromatic heterocycles. The molecule has 2 aromatic rings. The molecule has 1 heterocycles. The minimum atomic E-state index is -4.36. The molecule has 6 heteroatoms. The molecule has 2 atom stereocenters. The summed E-state index contributed by atoms with van der Waals surface area (Å²) in [7, 11) is 0. The lowest BCUT2D eigenvalue weighted by atomic mass is 9.86. The van der Waals surface area contributed by atoms with Crippen molar-refractivity contribution in [1.82, 2.24) is 0 Å². The van der Waals surface area contributed by atoms with Gasteiger partial charge in [0.1, 0.15) is 0 Å². The van der Waals surface area contributed by atoms with E-state index in [0.717, 1.165) is 29.8 Å². The van der Waals surface area contributed by atoms with Crippen LogP contribution in [0.1, 0.15) is 61.8 Å². The third-order valence-electron chi connectivity index (χ3n) is 5.66.